The average molecular weight is 441 g/mol. The predicted molar refractivity (Wildman–Crippen MR) is 101 cm³/mol. The van der Waals surface area contributed by atoms with Crippen molar-refractivity contribution in [1.82, 2.24) is 30.2 Å². The van der Waals surface area contributed by atoms with Gasteiger partial charge in [-0.3, -0.25) is 19.3 Å². The normalized spacial score (nSPS) is 13.0. The number of imide groups is 1. The number of nitrogens with one attached hydrogen (secondary N) is 1. The molecule has 0 unspecified atom stereocenters. The Labute approximate surface area is 167 Å². The third-order valence-corrected chi connectivity index (χ3v) is 4.58. The van der Waals surface area contributed by atoms with E-state index in [-0.39, 0.29) is 30.6 Å². The van der Waals surface area contributed by atoms with Crippen LogP contribution in [0.2, 0.25) is 0 Å². The highest BCUT2D eigenvalue weighted by Gasteiger charge is 2.34. The number of fused-ring (bicyclic) bond motifs is 1. The lowest BCUT2D eigenvalue weighted by Gasteiger charge is -2.14. The minimum absolute atomic E-state index is 0.0743. The zero-order chi connectivity index (χ0) is 19.7. The first-order valence-corrected chi connectivity index (χ1v) is 9.11. The number of halogens is 1. The van der Waals surface area contributed by atoms with E-state index in [2.05, 4.69) is 36.5 Å². The van der Waals surface area contributed by atoms with E-state index in [4.69, 9.17) is 0 Å². The number of amides is 3. The van der Waals surface area contributed by atoms with Crippen LogP contribution in [0.4, 0.5) is 0 Å². The molecule has 2 aromatic heterocycles. The van der Waals surface area contributed by atoms with Crippen molar-refractivity contribution in [3.63, 3.8) is 0 Å². The quantitative estimate of drug-likeness (QED) is 0.601. The van der Waals surface area contributed by atoms with Gasteiger partial charge in [0.1, 0.15) is 0 Å². The molecule has 9 nitrogen and oxygen atoms in total. The Hall–Kier alpha value is -3.40. The summed E-state index contributed by atoms with van der Waals surface area (Å²) in [6.45, 7) is 0.185. The Morgan fingerprint density at radius 1 is 1.04 bits per heavy atom. The number of benzene rings is 1. The second-order valence-electron chi connectivity index (χ2n) is 5.94. The number of rotatable bonds is 5. The number of nitrogens with zero attached hydrogens (tertiary/aromatic N) is 5. The van der Waals surface area contributed by atoms with Crippen LogP contribution in [-0.4, -0.2) is 55.7 Å². The van der Waals surface area contributed by atoms with Gasteiger partial charge in [-0.2, -0.15) is 5.10 Å². The van der Waals surface area contributed by atoms with Gasteiger partial charge < -0.3 is 5.32 Å². The van der Waals surface area contributed by atoms with Crippen LogP contribution >= 0.6 is 15.9 Å². The Kier molecular flexibility index (Phi) is 4.70. The second kappa shape index (κ2) is 7.31. The molecule has 0 radical (unpaired) electrons. The number of aromatic nitrogens is 4. The van der Waals surface area contributed by atoms with Gasteiger partial charge in [0.25, 0.3) is 17.7 Å². The van der Waals surface area contributed by atoms with Gasteiger partial charge >= 0.3 is 0 Å². The molecule has 1 aliphatic rings. The number of hydrogen-bond donors (Lipinski definition) is 1. The van der Waals surface area contributed by atoms with E-state index in [1.807, 2.05) is 0 Å². The summed E-state index contributed by atoms with van der Waals surface area (Å²) in [6, 6.07) is 9.78. The molecule has 0 saturated heterocycles. The van der Waals surface area contributed by atoms with Crippen LogP contribution in [0.15, 0.2) is 53.3 Å². The van der Waals surface area contributed by atoms with Crippen molar-refractivity contribution in [2.24, 2.45) is 0 Å². The van der Waals surface area contributed by atoms with Crippen molar-refractivity contribution < 1.29 is 14.4 Å². The summed E-state index contributed by atoms with van der Waals surface area (Å²) in [5, 5.41) is 14.6. The smallest absolute Gasteiger partial charge is 0.271 e. The first kappa shape index (κ1) is 18.0. The van der Waals surface area contributed by atoms with E-state index in [0.717, 1.165) is 9.37 Å². The van der Waals surface area contributed by atoms with Gasteiger partial charge in [0, 0.05) is 19.3 Å². The molecule has 0 saturated carbocycles. The highest BCUT2D eigenvalue weighted by atomic mass is 79.9. The first-order chi connectivity index (χ1) is 13.5. The van der Waals surface area contributed by atoms with Gasteiger partial charge in [-0.15, -0.1) is 10.2 Å². The van der Waals surface area contributed by atoms with Gasteiger partial charge in [0.05, 0.1) is 21.8 Å². The molecule has 28 heavy (non-hydrogen) atoms. The van der Waals surface area contributed by atoms with Crippen LogP contribution < -0.4 is 5.32 Å². The standard InChI is InChI=1S/C18H13BrN6O3/c19-11-9-21-25(10-11)15-6-5-14(22-23-15)16(26)20-7-8-24-17(27)12-3-1-2-4-13(12)18(24)28/h1-6,9-10H,7-8H2,(H,20,26). The third kappa shape index (κ3) is 3.29. The van der Waals surface area contributed by atoms with E-state index in [0.29, 0.717) is 16.9 Å². The highest BCUT2D eigenvalue weighted by Crippen LogP contribution is 2.21. The molecular weight excluding hydrogens is 428 g/mol. The molecule has 1 N–H and O–H groups in total. The summed E-state index contributed by atoms with van der Waals surface area (Å²) in [7, 11) is 0. The maximum Gasteiger partial charge on any atom is 0.271 e. The van der Waals surface area contributed by atoms with Gasteiger partial charge in [-0.1, -0.05) is 12.1 Å². The molecule has 0 spiro atoms. The summed E-state index contributed by atoms with van der Waals surface area (Å²) < 4.78 is 2.31. The second-order valence-corrected chi connectivity index (χ2v) is 6.86. The van der Waals surface area contributed by atoms with Crippen LogP contribution in [0.1, 0.15) is 31.2 Å². The minimum atomic E-state index is -0.447. The summed E-state index contributed by atoms with van der Waals surface area (Å²) >= 11 is 3.29. The zero-order valence-electron chi connectivity index (χ0n) is 14.4. The van der Waals surface area contributed by atoms with Crippen LogP contribution in [-0.2, 0) is 0 Å². The van der Waals surface area contributed by atoms with Crippen molar-refractivity contribution in [2.45, 2.75) is 0 Å². The fourth-order valence-corrected chi connectivity index (χ4v) is 3.09. The summed E-state index contributed by atoms with van der Waals surface area (Å²) in [4.78, 5) is 37.9. The summed E-state index contributed by atoms with van der Waals surface area (Å²) in [5.74, 6) is -0.695. The summed E-state index contributed by atoms with van der Waals surface area (Å²) in [6.07, 6.45) is 3.33. The molecule has 0 aliphatic carbocycles. The zero-order valence-corrected chi connectivity index (χ0v) is 16.0. The van der Waals surface area contributed by atoms with Crippen LogP contribution in [0.3, 0.4) is 0 Å². The van der Waals surface area contributed by atoms with E-state index in [1.54, 1.807) is 42.7 Å². The Balaban J connectivity index is 1.35. The van der Waals surface area contributed by atoms with Gasteiger partial charge in [-0.25, -0.2) is 4.68 Å². The average Bonchev–Trinajstić information content (AvgIpc) is 3.25. The Bertz CT molecular complexity index is 1040. The molecule has 0 atom stereocenters. The maximum absolute atomic E-state index is 12.3. The maximum atomic E-state index is 12.3. The van der Waals surface area contributed by atoms with Gasteiger partial charge in [0.15, 0.2) is 11.5 Å². The van der Waals surface area contributed by atoms with Crippen molar-refractivity contribution in [2.75, 3.05) is 13.1 Å². The topological polar surface area (TPSA) is 110 Å². The molecule has 4 rings (SSSR count). The molecule has 3 aromatic rings. The minimum Gasteiger partial charge on any atom is -0.349 e. The van der Waals surface area contributed by atoms with Crippen LogP contribution in [0.25, 0.3) is 5.82 Å². The van der Waals surface area contributed by atoms with Gasteiger partial charge in [0.2, 0.25) is 0 Å². The van der Waals surface area contributed by atoms with E-state index >= 15 is 0 Å². The van der Waals surface area contributed by atoms with Crippen molar-refractivity contribution in [1.29, 1.82) is 0 Å². The third-order valence-electron chi connectivity index (χ3n) is 4.17. The molecule has 3 amide bonds. The van der Waals surface area contributed by atoms with E-state index in [9.17, 15) is 14.4 Å². The van der Waals surface area contributed by atoms with E-state index in [1.165, 1.54) is 10.7 Å². The summed E-state index contributed by atoms with van der Waals surface area (Å²) in [5.41, 5.74) is 0.883. The molecule has 3 heterocycles. The molecule has 140 valence electrons. The molecule has 10 heteroatoms. The first-order valence-electron chi connectivity index (χ1n) is 8.32. The lowest BCUT2D eigenvalue weighted by atomic mass is 10.1. The number of carbonyl (C=O) groups is 3. The molecular formula is C18H13BrN6O3. The highest BCUT2D eigenvalue weighted by molar-refractivity contribution is 9.10. The van der Waals surface area contributed by atoms with Crippen molar-refractivity contribution in [3.8, 4) is 5.82 Å². The number of hydrogen-bond acceptors (Lipinski definition) is 6. The van der Waals surface area contributed by atoms with Crippen LogP contribution in [0, 0.1) is 0 Å². The molecule has 0 fully saturated rings. The number of carbonyl (C=O) groups excluding carboxylic acids is 3. The largest absolute Gasteiger partial charge is 0.349 e. The van der Waals surface area contributed by atoms with Gasteiger partial charge in [-0.05, 0) is 40.2 Å². The molecule has 1 aromatic carbocycles. The lowest BCUT2D eigenvalue weighted by Crippen LogP contribution is -2.38. The Morgan fingerprint density at radius 2 is 1.75 bits per heavy atom. The fraction of sp³-hybridized carbons (Fsp3) is 0.111. The SMILES string of the molecule is O=C(NCCN1C(=O)c2ccccc2C1=O)c1ccc(-n2cc(Br)cn2)nn1. The molecule has 0 bridgehead atoms. The van der Waals surface area contributed by atoms with Crippen molar-refractivity contribution in [3.05, 3.63) is 70.1 Å². The van der Waals surface area contributed by atoms with E-state index < -0.39 is 5.91 Å². The van der Waals surface area contributed by atoms with Crippen LogP contribution in [0.5, 0.6) is 0 Å². The monoisotopic (exact) mass is 440 g/mol. The molecule has 1 aliphatic heterocycles. The van der Waals surface area contributed by atoms with Crippen molar-refractivity contribution >= 4 is 33.7 Å². The lowest BCUT2D eigenvalue weighted by molar-refractivity contribution is 0.0649. The Morgan fingerprint density at radius 3 is 2.32 bits per heavy atom. The predicted octanol–water partition coefficient (Wildman–Crippen LogP) is 1.45. The fourth-order valence-electron chi connectivity index (χ4n) is 2.81.